The smallest absolute Gasteiger partial charge is 0.324 e. The first-order chi connectivity index (χ1) is 14.1. The van der Waals surface area contributed by atoms with Crippen LogP contribution in [0.3, 0.4) is 0 Å². The van der Waals surface area contributed by atoms with Crippen LogP contribution in [0.1, 0.15) is 31.2 Å². The van der Waals surface area contributed by atoms with E-state index in [0.29, 0.717) is 19.0 Å². The van der Waals surface area contributed by atoms with Gasteiger partial charge >= 0.3 is 6.03 Å². The van der Waals surface area contributed by atoms with Crippen LogP contribution in [0.5, 0.6) is 11.5 Å². The van der Waals surface area contributed by atoms with Crippen LogP contribution in [0.4, 0.5) is 4.79 Å². The number of halogens is 1. The minimum atomic E-state index is -0.355. The lowest BCUT2D eigenvalue weighted by molar-refractivity contribution is -0.124. The summed E-state index contributed by atoms with van der Waals surface area (Å²) in [4.78, 5) is 28.6. The van der Waals surface area contributed by atoms with Crippen LogP contribution in [0.15, 0.2) is 23.2 Å². The molecule has 0 spiro atoms. The van der Waals surface area contributed by atoms with Gasteiger partial charge in [-0.3, -0.25) is 14.7 Å². The van der Waals surface area contributed by atoms with Crippen molar-refractivity contribution in [3.05, 3.63) is 23.8 Å². The SMILES string of the molecule is CN=C(NCCN1C(=O)CNC1=O)NCc1ccc(OC)cc1OC1CCCC1.I. The second-order valence-electron chi connectivity index (χ2n) is 7.05. The average molecular weight is 531 g/mol. The fourth-order valence-electron chi connectivity index (χ4n) is 3.47. The maximum Gasteiger partial charge on any atom is 0.324 e. The number of carbonyl (C=O) groups is 2. The van der Waals surface area contributed by atoms with Crippen molar-refractivity contribution in [1.82, 2.24) is 20.9 Å². The Morgan fingerprint density at radius 3 is 2.67 bits per heavy atom. The fourth-order valence-corrected chi connectivity index (χ4v) is 3.47. The molecule has 1 aromatic rings. The third kappa shape index (κ3) is 6.38. The highest BCUT2D eigenvalue weighted by Gasteiger charge is 2.27. The molecule has 3 amide bonds. The summed E-state index contributed by atoms with van der Waals surface area (Å²) < 4.78 is 11.6. The standard InChI is InChI=1S/C20H29N5O4.HI/c1-21-19(22-9-10-25-18(26)13-24-20(25)27)23-12-14-7-8-16(28-2)11-17(14)29-15-5-3-4-6-15;/h7-8,11,15H,3-6,9-10,12-13H2,1-2H3,(H,24,27)(H2,21,22,23);1H. The van der Waals surface area contributed by atoms with Crippen LogP contribution in [0.25, 0.3) is 0 Å². The summed E-state index contributed by atoms with van der Waals surface area (Å²) in [5.74, 6) is 1.95. The Bertz CT molecular complexity index is 752. The molecule has 1 aliphatic heterocycles. The van der Waals surface area contributed by atoms with E-state index in [1.54, 1.807) is 14.2 Å². The van der Waals surface area contributed by atoms with Crippen molar-refractivity contribution in [2.45, 2.75) is 38.3 Å². The average Bonchev–Trinajstić information content (AvgIpc) is 3.35. The number of imide groups is 1. The molecule has 30 heavy (non-hydrogen) atoms. The molecule has 3 rings (SSSR count). The fraction of sp³-hybridized carbons (Fsp3) is 0.550. The number of hydrogen-bond acceptors (Lipinski definition) is 5. The van der Waals surface area contributed by atoms with Gasteiger partial charge in [0, 0.05) is 38.3 Å². The number of urea groups is 1. The van der Waals surface area contributed by atoms with Gasteiger partial charge in [0.2, 0.25) is 5.91 Å². The van der Waals surface area contributed by atoms with Crippen molar-refractivity contribution in [3.63, 3.8) is 0 Å². The van der Waals surface area contributed by atoms with Crippen LogP contribution >= 0.6 is 24.0 Å². The minimum Gasteiger partial charge on any atom is -0.497 e. The first-order valence-corrected chi connectivity index (χ1v) is 9.97. The summed E-state index contributed by atoms with van der Waals surface area (Å²) >= 11 is 0. The maximum atomic E-state index is 11.6. The first-order valence-electron chi connectivity index (χ1n) is 9.97. The van der Waals surface area contributed by atoms with Crippen LogP contribution in [-0.4, -0.2) is 62.7 Å². The Labute approximate surface area is 194 Å². The molecule has 0 bridgehead atoms. The van der Waals surface area contributed by atoms with E-state index in [2.05, 4.69) is 20.9 Å². The lowest BCUT2D eigenvalue weighted by Gasteiger charge is -2.19. The summed E-state index contributed by atoms with van der Waals surface area (Å²) in [7, 11) is 3.32. The largest absolute Gasteiger partial charge is 0.497 e. The molecule has 1 aliphatic carbocycles. The summed E-state index contributed by atoms with van der Waals surface area (Å²) in [6.07, 6.45) is 4.82. The van der Waals surface area contributed by atoms with Gasteiger partial charge in [-0.25, -0.2) is 4.79 Å². The Hall–Kier alpha value is -2.24. The molecule has 9 nitrogen and oxygen atoms in total. The third-order valence-corrected chi connectivity index (χ3v) is 5.10. The molecule has 0 unspecified atom stereocenters. The zero-order chi connectivity index (χ0) is 20.6. The second kappa shape index (κ2) is 11.8. The molecule has 2 aliphatic rings. The van der Waals surface area contributed by atoms with E-state index in [9.17, 15) is 9.59 Å². The van der Waals surface area contributed by atoms with Gasteiger partial charge in [0.25, 0.3) is 0 Å². The molecular weight excluding hydrogens is 501 g/mol. The molecular formula is C20H30IN5O4. The molecule has 1 saturated carbocycles. The van der Waals surface area contributed by atoms with Gasteiger partial charge in [-0.1, -0.05) is 0 Å². The second-order valence-corrected chi connectivity index (χ2v) is 7.05. The van der Waals surface area contributed by atoms with Gasteiger partial charge in [0.05, 0.1) is 19.8 Å². The minimum absolute atomic E-state index is 0. The number of guanidine groups is 1. The number of carbonyl (C=O) groups excluding carboxylic acids is 2. The number of rotatable bonds is 8. The van der Waals surface area contributed by atoms with Crippen molar-refractivity contribution >= 4 is 41.9 Å². The monoisotopic (exact) mass is 531 g/mol. The zero-order valence-electron chi connectivity index (χ0n) is 17.4. The van der Waals surface area contributed by atoms with Crippen LogP contribution in [0, 0.1) is 0 Å². The molecule has 0 aromatic heterocycles. The predicted octanol–water partition coefficient (Wildman–Crippen LogP) is 1.85. The van der Waals surface area contributed by atoms with Crippen molar-refractivity contribution in [2.75, 3.05) is 33.8 Å². The van der Waals surface area contributed by atoms with Crippen LogP contribution in [-0.2, 0) is 11.3 Å². The molecule has 0 atom stereocenters. The number of benzene rings is 1. The number of amides is 3. The molecule has 0 radical (unpaired) electrons. The van der Waals surface area contributed by atoms with Gasteiger partial charge in [0.1, 0.15) is 11.5 Å². The molecule has 1 aromatic carbocycles. The summed E-state index contributed by atoms with van der Waals surface area (Å²) in [6, 6.07) is 5.46. The highest BCUT2D eigenvalue weighted by molar-refractivity contribution is 14.0. The first kappa shape index (κ1) is 24.0. The number of aliphatic imine (C=N–C) groups is 1. The van der Waals surface area contributed by atoms with Crippen LogP contribution in [0.2, 0.25) is 0 Å². The summed E-state index contributed by atoms with van der Waals surface area (Å²) in [6.45, 7) is 1.28. The van der Waals surface area contributed by atoms with Crippen molar-refractivity contribution < 1.29 is 19.1 Å². The quantitative estimate of drug-likeness (QED) is 0.205. The number of nitrogens with zero attached hydrogens (tertiary/aromatic N) is 2. The van der Waals surface area contributed by atoms with E-state index in [-0.39, 0.29) is 55.1 Å². The van der Waals surface area contributed by atoms with E-state index in [1.165, 1.54) is 17.7 Å². The van der Waals surface area contributed by atoms with Crippen LogP contribution < -0.4 is 25.4 Å². The predicted molar refractivity (Wildman–Crippen MR) is 125 cm³/mol. The Morgan fingerprint density at radius 1 is 1.27 bits per heavy atom. The number of hydrogen-bond donors (Lipinski definition) is 3. The van der Waals surface area contributed by atoms with Gasteiger partial charge in [-0.15, -0.1) is 24.0 Å². The van der Waals surface area contributed by atoms with Gasteiger partial charge in [0.15, 0.2) is 5.96 Å². The lowest BCUT2D eigenvalue weighted by atomic mass is 10.2. The zero-order valence-corrected chi connectivity index (χ0v) is 19.7. The molecule has 166 valence electrons. The van der Waals surface area contributed by atoms with Crippen molar-refractivity contribution in [2.24, 2.45) is 4.99 Å². The van der Waals surface area contributed by atoms with E-state index >= 15 is 0 Å². The van der Waals surface area contributed by atoms with E-state index in [4.69, 9.17) is 9.47 Å². The molecule has 1 heterocycles. The molecule has 10 heteroatoms. The molecule has 1 saturated heterocycles. The molecule has 2 fully saturated rings. The molecule has 3 N–H and O–H groups in total. The maximum absolute atomic E-state index is 11.6. The topological polar surface area (TPSA) is 104 Å². The van der Waals surface area contributed by atoms with Crippen molar-refractivity contribution in [3.8, 4) is 11.5 Å². The normalized spacial score (nSPS) is 16.9. The van der Waals surface area contributed by atoms with Gasteiger partial charge < -0.3 is 25.4 Å². The Morgan fingerprint density at radius 2 is 2.03 bits per heavy atom. The number of nitrogens with one attached hydrogen (secondary N) is 3. The third-order valence-electron chi connectivity index (χ3n) is 5.10. The number of methoxy groups -OCH3 is 1. The van der Waals surface area contributed by atoms with E-state index < -0.39 is 0 Å². The Kier molecular flexibility index (Phi) is 9.47. The number of ether oxygens (including phenoxy) is 2. The van der Waals surface area contributed by atoms with Gasteiger partial charge in [-0.2, -0.15) is 0 Å². The van der Waals surface area contributed by atoms with Gasteiger partial charge in [-0.05, 0) is 37.8 Å². The highest BCUT2D eigenvalue weighted by atomic mass is 127. The summed E-state index contributed by atoms with van der Waals surface area (Å²) in [5.41, 5.74) is 1.01. The Balaban J connectivity index is 0.00000320. The van der Waals surface area contributed by atoms with E-state index in [1.807, 2.05) is 18.2 Å². The van der Waals surface area contributed by atoms with E-state index in [0.717, 1.165) is 29.9 Å². The highest BCUT2D eigenvalue weighted by Crippen LogP contribution is 2.29. The lowest BCUT2D eigenvalue weighted by Crippen LogP contribution is -2.43. The van der Waals surface area contributed by atoms with Crippen molar-refractivity contribution in [1.29, 1.82) is 0 Å². The summed E-state index contributed by atoms with van der Waals surface area (Å²) in [5, 5.41) is 8.88.